The van der Waals surface area contributed by atoms with E-state index in [0.717, 1.165) is 29.0 Å². The molecule has 2 aromatic heterocycles. The molecule has 110 valence electrons. The lowest BCUT2D eigenvalue weighted by molar-refractivity contribution is 0.0954. The molecule has 0 unspecified atom stereocenters. The number of carbonyl (C=O) groups is 1. The molecule has 0 saturated heterocycles. The third-order valence-corrected chi connectivity index (χ3v) is 5.13. The topological polar surface area (TPSA) is 62.0 Å². The molecule has 0 saturated carbocycles. The van der Waals surface area contributed by atoms with E-state index in [1.165, 1.54) is 16.9 Å². The number of aryl methyl sites for hydroxylation is 4. The molecule has 3 rings (SSSR count). The lowest BCUT2D eigenvalue weighted by Gasteiger charge is -2.07. The highest BCUT2D eigenvalue weighted by molar-refractivity contribution is 7.14. The minimum absolute atomic E-state index is 0.0891. The molecule has 1 aliphatic rings. The fourth-order valence-electron chi connectivity index (χ4n) is 2.80. The smallest absolute Gasteiger partial charge is 0.261 e. The molecule has 1 amide bonds. The zero-order valence-electron chi connectivity index (χ0n) is 12.2. The van der Waals surface area contributed by atoms with Gasteiger partial charge in [0, 0.05) is 22.7 Å². The largest absolute Gasteiger partial charge is 0.347 e. The Morgan fingerprint density at radius 2 is 2.14 bits per heavy atom. The Kier molecular flexibility index (Phi) is 3.68. The molecular weight excluding hydrogens is 284 g/mol. The quantitative estimate of drug-likeness (QED) is 0.915. The zero-order chi connectivity index (χ0) is 15.0. The Labute approximate surface area is 127 Å². The Bertz CT molecular complexity index is 737. The van der Waals surface area contributed by atoms with Gasteiger partial charge in [-0.1, -0.05) is 0 Å². The molecule has 0 atom stereocenters. The monoisotopic (exact) mass is 302 g/mol. The molecule has 2 aromatic rings. The fraction of sp³-hybridized carbons (Fsp3) is 0.375. The van der Waals surface area contributed by atoms with Crippen LogP contribution >= 0.6 is 11.3 Å². The zero-order valence-corrected chi connectivity index (χ0v) is 13.0. The van der Waals surface area contributed by atoms with E-state index >= 15 is 0 Å². The minimum atomic E-state index is -0.124. The van der Waals surface area contributed by atoms with Crippen molar-refractivity contribution >= 4 is 17.2 Å². The first-order valence-corrected chi connectivity index (χ1v) is 7.95. The lowest BCUT2D eigenvalue weighted by atomic mass is 10.1. The number of aromatic amines is 1. The van der Waals surface area contributed by atoms with Crippen LogP contribution in [0.1, 0.15) is 43.4 Å². The first-order chi connectivity index (χ1) is 10.0. The van der Waals surface area contributed by atoms with Gasteiger partial charge in [-0.25, -0.2) is 0 Å². The molecule has 4 nitrogen and oxygen atoms in total. The SMILES string of the molecule is Cc1cc(C)c(CNC(=O)c2cc3c(s2)CCC3)c(=O)[nH]1. The molecule has 0 aromatic carbocycles. The van der Waals surface area contributed by atoms with E-state index in [9.17, 15) is 9.59 Å². The van der Waals surface area contributed by atoms with Gasteiger partial charge in [0.05, 0.1) is 4.88 Å². The summed E-state index contributed by atoms with van der Waals surface area (Å²) in [5.41, 5.74) is 3.56. The maximum absolute atomic E-state index is 12.2. The standard InChI is InChI=1S/C16H18N2O2S/c1-9-6-10(2)18-15(19)12(9)8-17-16(20)14-7-11-4-3-5-13(11)21-14/h6-7H,3-5,8H2,1-2H3,(H,17,20)(H,18,19). The molecule has 0 radical (unpaired) electrons. The van der Waals surface area contributed by atoms with E-state index < -0.39 is 0 Å². The number of hydrogen-bond acceptors (Lipinski definition) is 3. The number of H-pyrrole nitrogens is 1. The van der Waals surface area contributed by atoms with Gasteiger partial charge in [0.25, 0.3) is 11.5 Å². The van der Waals surface area contributed by atoms with Crippen molar-refractivity contribution in [1.82, 2.24) is 10.3 Å². The highest BCUT2D eigenvalue weighted by atomic mass is 32.1. The fourth-order valence-corrected chi connectivity index (χ4v) is 3.97. The number of thiophene rings is 1. The Hall–Kier alpha value is -1.88. The van der Waals surface area contributed by atoms with Crippen LogP contribution in [0.25, 0.3) is 0 Å². The van der Waals surface area contributed by atoms with Crippen molar-refractivity contribution in [3.63, 3.8) is 0 Å². The second-order valence-electron chi connectivity index (χ2n) is 5.54. The van der Waals surface area contributed by atoms with Gasteiger partial charge in [0.1, 0.15) is 0 Å². The van der Waals surface area contributed by atoms with Crippen molar-refractivity contribution < 1.29 is 4.79 Å². The summed E-state index contributed by atoms with van der Waals surface area (Å²) in [4.78, 5) is 29.0. The average Bonchev–Trinajstić information content (AvgIpc) is 2.97. The molecule has 21 heavy (non-hydrogen) atoms. The summed E-state index contributed by atoms with van der Waals surface area (Å²) in [6.45, 7) is 4.01. The summed E-state index contributed by atoms with van der Waals surface area (Å²) >= 11 is 1.58. The van der Waals surface area contributed by atoms with Crippen LogP contribution < -0.4 is 10.9 Å². The van der Waals surface area contributed by atoms with E-state index in [1.807, 2.05) is 26.0 Å². The number of carbonyl (C=O) groups excluding carboxylic acids is 1. The molecule has 2 heterocycles. The Morgan fingerprint density at radius 1 is 1.33 bits per heavy atom. The van der Waals surface area contributed by atoms with Crippen molar-refractivity contribution in [1.29, 1.82) is 0 Å². The molecule has 1 aliphatic carbocycles. The van der Waals surface area contributed by atoms with Crippen LogP contribution in [0.15, 0.2) is 16.9 Å². The van der Waals surface area contributed by atoms with Gasteiger partial charge >= 0.3 is 0 Å². The van der Waals surface area contributed by atoms with Gasteiger partial charge in [-0.2, -0.15) is 0 Å². The molecule has 2 N–H and O–H groups in total. The number of amides is 1. The highest BCUT2D eigenvalue weighted by Gasteiger charge is 2.18. The summed E-state index contributed by atoms with van der Waals surface area (Å²) in [5.74, 6) is -0.0891. The van der Waals surface area contributed by atoms with E-state index in [4.69, 9.17) is 0 Å². The normalized spacial score (nSPS) is 13.2. The van der Waals surface area contributed by atoms with Crippen molar-refractivity contribution in [2.75, 3.05) is 0 Å². The Morgan fingerprint density at radius 3 is 2.86 bits per heavy atom. The number of pyridine rings is 1. The van der Waals surface area contributed by atoms with Gasteiger partial charge in [-0.3, -0.25) is 9.59 Å². The molecular formula is C16H18N2O2S. The van der Waals surface area contributed by atoms with E-state index in [1.54, 1.807) is 11.3 Å². The number of hydrogen-bond donors (Lipinski definition) is 2. The number of nitrogens with one attached hydrogen (secondary N) is 2. The van der Waals surface area contributed by atoms with Crippen LogP contribution in [0, 0.1) is 13.8 Å². The maximum atomic E-state index is 12.2. The van der Waals surface area contributed by atoms with E-state index in [0.29, 0.717) is 5.56 Å². The second-order valence-corrected chi connectivity index (χ2v) is 6.68. The predicted molar refractivity (Wildman–Crippen MR) is 84.1 cm³/mol. The van der Waals surface area contributed by atoms with Crippen LogP contribution in [0.3, 0.4) is 0 Å². The summed E-state index contributed by atoms with van der Waals surface area (Å²) in [5, 5.41) is 2.86. The average molecular weight is 302 g/mol. The summed E-state index contributed by atoms with van der Waals surface area (Å²) in [7, 11) is 0. The van der Waals surface area contributed by atoms with Gasteiger partial charge in [-0.05, 0) is 56.4 Å². The van der Waals surface area contributed by atoms with Gasteiger partial charge in [0.15, 0.2) is 0 Å². The number of rotatable bonds is 3. The van der Waals surface area contributed by atoms with Gasteiger partial charge < -0.3 is 10.3 Å². The molecule has 0 bridgehead atoms. The van der Waals surface area contributed by atoms with Crippen molar-refractivity contribution in [3.8, 4) is 0 Å². The molecule has 0 aliphatic heterocycles. The number of aromatic nitrogens is 1. The summed E-state index contributed by atoms with van der Waals surface area (Å²) in [6, 6.07) is 3.91. The molecule has 0 fully saturated rings. The predicted octanol–water partition coefficient (Wildman–Crippen LogP) is 2.47. The van der Waals surface area contributed by atoms with Crippen LogP contribution in [0.4, 0.5) is 0 Å². The van der Waals surface area contributed by atoms with E-state index in [-0.39, 0.29) is 18.0 Å². The summed E-state index contributed by atoms with van der Waals surface area (Å²) < 4.78 is 0. The minimum Gasteiger partial charge on any atom is -0.347 e. The van der Waals surface area contributed by atoms with Crippen LogP contribution in [-0.2, 0) is 19.4 Å². The second kappa shape index (κ2) is 5.48. The van der Waals surface area contributed by atoms with E-state index in [2.05, 4.69) is 10.3 Å². The maximum Gasteiger partial charge on any atom is 0.261 e. The number of fused-ring (bicyclic) bond motifs is 1. The first-order valence-electron chi connectivity index (χ1n) is 7.14. The van der Waals surface area contributed by atoms with Crippen LogP contribution in [0.5, 0.6) is 0 Å². The highest BCUT2D eigenvalue weighted by Crippen LogP contribution is 2.30. The Balaban J connectivity index is 1.73. The molecule has 0 spiro atoms. The van der Waals surface area contributed by atoms with Gasteiger partial charge in [0.2, 0.25) is 0 Å². The van der Waals surface area contributed by atoms with Crippen molar-refractivity contribution in [2.24, 2.45) is 0 Å². The van der Waals surface area contributed by atoms with Crippen LogP contribution in [0.2, 0.25) is 0 Å². The van der Waals surface area contributed by atoms with Crippen molar-refractivity contribution in [3.05, 3.63) is 54.6 Å². The third kappa shape index (κ3) is 2.78. The van der Waals surface area contributed by atoms with Gasteiger partial charge in [-0.15, -0.1) is 11.3 Å². The lowest BCUT2D eigenvalue weighted by Crippen LogP contribution is -2.27. The van der Waals surface area contributed by atoms with Crippen molar-refractivity contribution in [2.45, 2.75) is 39.7 Å². The summed E-state index contributed by atoms with van der Waals surface area (Å²) in [6.07, 6.45) is 3.36. The first kappa shape index (κ1) is 14.1. The third-order valence-electron chi connectivity index (χ3n) is 3.89. The molecule has 5 heteroatoms. The van der Waals surface area contributed by atoms with Crippen LogP contribution in [-0.4, -0.2) is 10.9 Å².